The summed E-state index contributed by atoms with van der Waals surface area (Å²) < 4.78 is 0. The van der Waals surface area contributed by atoms with Gasteiger partial charge in [0.05, 0.1) is 0 Å². The van der Waals surface area contributed by atoms with Crippen LogP contribution in [0.1, 0.15) is 19.4 Å². The number of benzene rings is 1. The number of aryl methyl sites for hydroxylation is 1. The lowest BCUT2D eigenvalue weighted by atomic mass is 10.0. The summed E-state index contributed by atoms with van der Waals surface area (Å²) in [5.74, 6) is 0.244. The molecule has 0 aliphatic rings. The van der Waals surface area contributed by atoms with Gasteiger partial charge in [0.15, 0.2) is 6.04 Å². The van der Waals surface area contributed by atoms with Gasteiger partial charge < -0.3 is 11.1 Å². The lowest BCUT2D eigenvalue weighted by molar-refractivity contribution is -0.412. The smallest absolute Gasteiger partial charge is 0.282 e. The molecule has 0 heterocycles. The van der Waals surface area contributed by atoms with Crippen molar-refractivity contribution in [3.63, 3.8) is 0 Å². The van der Waals surface area contributed by atoms with E-state index in [0.29, 0.717) is 0 Å². The number of carbonyl (C=O) groups is 1. The molecular formula is C12H19N2O+. The van der Waals surface area contributed by atoms with Gasteiger partial charge in [-0.25, -0.2) is 0 Å². The number of para-hydroxylation sites is 1. The normalized spacial score (nSPS) is 12.6. The van der Waals surface area contributed by atoms with Gasteiger partial charge in [0.2, 0.25) is 0 Å². The molecule has 0 saturated carbocycles. The Bertz CT molecular complexity index is 347. The van der Waals surface area contributed by atoms with Crippen LogP contribution in [0.25, 0.3) is 0 Å². The van der Waals surface area contributed by atoms with Gasteiger partial charge in [-0.15, -0.1) is 0 Å². The second kappa shape index (κ2) is 4.94. The zero-order valence-corrected chi connectivity index (χ0v) is 9.58. The fourth-order valence-electron chi connectivity index (χ4n) is 1.24. The molecule has 0 spiro atoms. The fraction of sp³-hybridized carbons (Fsp3) is 0.417. The van der Waals surface area contributed by atoms with Crippen molar-refractivity contribution in [1.82, 2.24) is 0 Å². The highest BCUT2D eigenvalue weighted by Gasteiger charge is 2.21. The predicted molar refractivity (Wildman–Crippen MR) is 61.3 cm³/mol. The van der Waals surface area contributed by atoms with E-state index in [9.17, 15) is 4.79 Å². The Morgan fingerprint density at radius 3 is 2.47 bits per heavy atom. The minimum Gasteiger partial charge on any atom is -0.347 e. The van der Waals surface area contributed by atoms with Crippen LogP contribution in [-0.2, 0) is 4.79 Å². The van der Waals surface area contributed by atoms with Crippen LogP contribution in [0.15, 0.2) is 24.3 Å². The number of hydrogen-bond donors (Lipinski definition) is 2. The van der Waals surface area contributed by atoms with Crippen molar-refractivity contribution in [2.75, 3.05) is 5.32 Å². The van der Waals surface area contributed by atoms with Crippen LogP contribution in [0.5, 0.6) is 0 Å². The molecule has 3 nitrogen and oxygen atoms in total. The Morgan fingerprint density at radius 1 is 1.33 bits per heavy atom. The molecule has 0 aromatic heterocycles. The lowest BCUT2D eigenvalue weighted by Crippen LogP contribution is -2.68. The standard InChI is InChI=1S/C12H18N2O/c1-8(2)11(13)12(15)14-10-7-5-4-6-9(10)3/h4-8,11H,13H2,1-3H3,(H,14,15)/p+1/t11-/m1/s1. The second-order valence-electron chi connectivity index (χ2n) is 4.15. The van der Waals surface area contributed by atoms with E-state index < -0.39 is 0 Å². The van der Waals surface area contributed by atoms with Crippen molar-refractivity contribution < 1.29 is 10.5 Å². The highest BCUT2D eigenvalue weighted by molar-refractivity contribution is 5.94. The molecule has 0 saturated heterocycles. The molecule has 0 unspecified atom stereocenters. The molecule has 1 amide bonds. The van der Waals surface area contributed by atoms with E-state index >= 15 is 0 Å². The average molecular weight is 207 g/mol. The van der Waals surface area contributed by atoms with Gasteiger partial charge >= 0.3 is 0 Å². The summed E-state index contributed by atoms with van der Waals surface area (Å²) in [6.07, 6.45) is 0. The molecule has 1 aromatic rings. The SMILES string of the molecule is Cc1ccccc1NC(=O)[C@H]([NH3+])C(C)C. The number of anilines is 1. The van der Waals surface area contributed by atoms with Crippen molar-refractivity contribution in [2.45, 2.75) is 26.8 Å². The van der Waals surface area contributed by atoms with Crippen molar-refractivity contribution >= 4 is 11.6 Å². The van der Waals surface area contributed by atoms with Gasteiger partial charge in [-0.1, -0.05) is 32.0 Å². The highest BCUT2D eigenvalue weighted by Crippen LogP contribution is 2.13. The van der Waals surface area contributed by atoms with E-state index in [1.807, 2.05) is 45.0 Å². The summed E-state index contributed by atoms with van der Waals surface area (Å²) in [6, 6.07) is 7.54. The molecular weight excluding hydrogens is 188 g/mol. The topological polar surface area (TPSA) is 56.7 Å². The van der Waals surface area contributed by atoms with Crippen LogP contribution in [0.3, 0.4) is 0 Å². The van der Waals surface area contributed by atoms with E-state index in [4.69, 9.17) is 0 Å². The zero-order valence-electron chi connectivity index (χ0n) is 9.58. The van der Waals surface area contributed by atoms with Crippen LogP contribution in [0.4, 0.5) is 5.69 Å². The third-order valence-corrected chi connectivity index (χ3v) is 2.54. The molecule has 4 N–H and O–H groups in total. The predicted octanol–water partition coefficient (Wildman–Crippen LogP) is 1.20. The maximum Gasteiger partial charge on any atom is 0.282 e. The minimum atomic E-state index is -0.204. The Balaban J connectivity index is 2.71. The average Bonchev–Trinajstić information content (AvgIpc) is 2.20. The van der Waals surface area contributed by atoms with Gasteiger partial charge in [0, 0.05) is 11.6 Å². The molecule has 0 bridgehead atoms. The summed E-state index contributed by atoms with van der Waals surface area (Å²) in [5.41, 5.74) is 5.79. The third-order valence-electron chi connectivity index (χ3n) is 2.54. The molecule has 15 heavy (non-hydrogen) atoms. The van der Waals surface area contributed by atoms with E-state index in [2.05, 4.69) is 11.1 Å². The van der Waals surface area contributed by atoms with Gasteiger partial charge in [-0.05, 0) is 18.6 Å². The zero-order chi connectivity index (χ0) is 11.4. The van der Waals surface area contributed by atoms with E-state index in [0.717, 1.165) is 11.3 Å². The van der Waals surface area contributed by atoms with E-state index in [1.54, 1.807) is 0 Å². The number of quaternary nitrogens is 1. The summed E-state index contributed by atoms with van der Waals surface area (Å²) in [7, 11) is 0. The monoisotopic (exact) mass is 207 g/mol. The quantitative estimate of drug-likeness (QED) is 0.768. The first-order valence-electron chi connectivity index (χ1n) is 5.22. The summed E-state index contributed by atoms with van der Waals surface area (Å²) in [5, 5.41) is 2.89. The van der Waals surface area contributed by atoms with E-state index in [1.165, 1.54) is 0 Å². The van der Waals surface area contributed by atoms with E-state index in [-0.39, 0.29) is 17.9 Å². The molecule has 1 rings (SSSR count). The Labute approximate surface area is 90.7 Å². The Hall–Kier alpha value is -1.35. The van der Waals surface area contributed by atoms with Crippen molar-refractivity contribution in [3.05, 3.63) is 29.8 Å². The lowest BCUT2D eigenvalue weighted by Gasteiger charge is -2.13. The first kappa shape index (κ1) is 11.7. The van der Waals surface area contributed by atoms with Crippen molar-refractivity contribution in [2.24, 2.45) is 5.92 Å². The van der Waals surface area contributed by atoms with Crippen molar-refractivity contribution in [1.29, 1.82) is 0 Å². The highest BCUT2D eigenvalue weighted by atomic mass is 16.2. The first-order valence-corrected chi connectivity index (χ1v) is 5.22. The van der Waals surface area contributed by atoms with Gasteiger partial charge in [0.1, 0.15) is 0 Å². The largest absolute Gasteiger partial charge is 0.347 e. The molecule has 3 heteroatoms. The third kappa shape index (κ3) is 3.06. The molecule has 82 valence electrons. The van der Waals surface area contributed by atoms with Gasteiger partial charge in [-0.3, -0.25) is 4.79 Å². The number of nitrogens with one attached hydrogen (secondary N) is 1. The minimum absolute atomic E-state index is 0.0145. The maximum atomic E-state index is 11.7. The molecule has 0 fully saturated rings. The van der Waals surface area contributed by atoms with Gasteiger partial charge in [-0.2, -0.15) is 0 Å². The maximum absolute atomic E-state index is 11.7. The summed E-state index contributed by atoms with van der Waals surface area (Å²) >= 11 is 0. The first-order chi connectivity index (χ1) is 7.02. The molecule has 1 aromatic carbocycles. The summed E-state index contributed by atoms with van der Waals surface area (Å²) in [6.45, 7) is 5.97. The van der Waals surface area contributed by atoms with Crippen LogP contribution in [0, 0.1) is 12.8 Å². The summed E-state index contributed by atoms with van der Waals surface area (Å²) in [4.78, 5) is 11.7. The Morgan fingerprint density at radius 2 is 1.93 bits per heavy atom. The van der Waals surface area contributed by atoms with Crippen LogP contribution in [-0.4, -0.2) is 11.9 Å². The van der Waals surface area contributed by atoms with Crippen LogP contribution >= 0.6 is 0 Å². The number of rotatable bonds is 3. The number of hydrogen-bond acceptors (Lipinski definition) is 1. The molecule has 0 aliphatic heterocycles. The molecule has 0 radical (unpaired) electrons. The second-order valence-corrected chi connectivity index (χ2v) is 4.15. The fourth-order valence-corrected chi connectivity index (χ4v) is 1.24. The van der Waals surface area contributed by atoms with Crippen LogP contribution < -0.4 is 11.1 Å². The van der Waals surface area contributed by atoms with Gasteiger partial charge in [0.25, 0.3) is 5.91 Å². The van der Waals surface area contributed by atoms with Crippen LogP contribution in [0.2, 0.25) is 0 Å². The van der Waals surface area contributed by atoms with Crippen molar-refractivity contribution in [3.8, 4) is 0 Å². The number of amides is 1. The molecule has 1 atom stereocenters. The molecule has 0 aliphatic carbocycles. The number of carbonyl (C=O) groups excluding carboxylic acids is 1. The Kier molecular flexibility index (Phi) is 3.86.